The van der Waals surface area contributed by atoms with Crippen molar-refractivity contribution in [3.63, 3.8) is 0 Å². The molecule has 0 bridgehead atoms. The number of ether oxygens (including phenoxy) is 1. The first kappa shape index (κ1) is 13.5. The van der Waals surface area contributed by atoms with Crippen molar-refractivity contribution >= 4 is 10.9 Å². The summed E-state index contributed by atoms with van der Waals surface area (Å²) in [6.45, 7) is 0.0573. The molecule has 0 spiro atoms. The summed E-state index contributed by atoms with van der Waals surface area (Å²) in [4.78, 5) is 3.12. The molecule has 0 radical (unpaired) electrons. The molecule has 0 aliphatic rings. The Hall–Kier alpha value is -2.43. The van der Waals surface area contributed by atoms with E-state index >= 15 is 0 Å². The minimum absolute atomic E-state index is 0.0573. The highest BCUT2D eigenvalue weighted by Crippen LogP contribution is 2.36. The zero-order chi connectivity index (χ0) is 14.9. The SMILES string of the molecule is FC(F)(F)c1ccccc1OCc1cc2ccccc2[nH]1. The molecule has 5 heteroatoms. The third-order valence-electron chi connectivity index (χ3n) is 3.16. The van der Waals surface area contributed by atoms with E-state index in [0.717, 1.165) is 22.7 Å². The van der Waals surface area contributed by atoms with Gasteiger partial charge in [0.15, 0.2) is 0 Å². The van der Waals surface area contributed by atoms with Crippen LogP contribution in [0.2, 0.25) is 0 Å². The van der Waals surface area contributed by atoms with Gasteiger partial charge in [-0.15, -0.1) is 0 Å². The maximum Gasteiger partial charge on any atom is 0.419 e. The number of aromatic nitrogens is 1. The molecule has 0 unspecified atom stereocenters. The first-order valence-electron chi connectivity index (χ1n) is 6.40. The Morgan fingerprint density at radius 2 is 1.67 bits per heavy atom. The molecule has 0 atom stereocenters. The summed E-state index contributed by atoms with van der Waals surface area (Å²) < 4.78 is 43.9. The molecule has 21 heavy (non-hydrogen) atoms. The van der Waals surface area contributed by atoms with Gasteiger partial charge in [-0.3, -0.25) is 0 Å². The Morgan fingerprint density at radius 3 is 2.43 bits per heavy atom. The number of H-pyrrole nitrogens is 1. The van der Waals surface area contributed by atoms with Gasteiger partial charge in [-0.1, -0.05) is 30.3 Å². The van der Waals surface area contributed by atoms with Crippen LogP contribution in [0.4, 0.5) is 13.2 Å². The summed E-state index contributed by atoms with van der Waals surface area (Å²) in [5.41, 5.74) is 0.898. The molecule has 1 aromatic heterocycles. The van der Waals surface area contributed by atoms with Crippen molar-refractivity contribution in [1.82, 2.24) is 4.98 Å². The minimum atomic E-state index is -4.42. The van der Waals surface area contributed by atoms with Crippen LogP contribution >= 0.6 is 0 Å². The number of para-hydroxylation sites is 2. The van der Waals surface area contributed by atoms with E-state index in [4.69, 9.17) is 4.74 Å². The quantitative estimate of drug-likeness (QED) is 0.739. The Balaban J connectivity index is 1.82. The van der Waals surface area contributed by atoms with Gasteiger partial charge < -0.3 is 9.72 Å². The normalized spacial score (nSPS) is 11.8. The molecule has 0 aliphatic heterocycles. The van der Waals surface area contributed by atoms with Gasteiger partial charge >= 0.3 is 6.18 Å². The van der Waals surface area contributed by atoms with Gasteiger partial charge in [0.25, 0.3) is 0 Å². The molecule has 2 aromatic carbocycles. The van der Waals surface area contributed by atoms with Crippen LogP contribution in [-0.2, 0) is 12.8 Å². The summed E-state index contributed by atoms with van der Waals surface area (Å²) in [6, 6.07) is 14.7. The lowest BCUT2D eigenvalue weighted by molar-refractivity contribution is -0.139. The second-order valence-corrected chi connectivity index (χ2v) is 4.66. The van der Waals surface area contributed by atoms with Gasteiger partial charge in [-0.05, 0) is 29.7 Å². The number of fused-ring (bicyclic) bond motifs is 1. The highest BCUT2D eigenvalue weighted by Gasteiger charge is 2.33. The van der Waals surface area contributed by atoms with Crippen LogP contribution in [0.5, 0.6) is 5.75 Å². The van der Waals surface area contributed by atoms with Gasteiger partial charge in [-0.2, -0.15) is 13.2 Å². The van der Waals surface area contributed by atoms with Crippen molar-refractivity contribution in [3.05, 3.63) is 65.9 Å². The van der Waals surface area contributed by atoms with Crippen LogP contribution in [0.15, 0.2) is 54.6 Å². The zero-order valence-corrected chi connectivity index (χ0v) is 10.9. The highest BCUT2D eigenvalue weighted by atomic mass is 19.4. The lowest BCUT2D eigenvalue weighted by atomic mass is 10.2. The molecule has 108 valence electrons. The lowest BCUT2D eigenvalue weighted by Gasteiger charge is -2.13. The summed E-state index contributed by atoms with van der Waals surface area (Å²) in [7, 11) is 0. The van der Waals surface area contributed by atoms with E-state index in [-0.39, 0.29) is 12.4 Å². The second-order valence-electron chi connectivity index (χ2n) is 4.66. The van der Waals surface area contributed by atoms with Gasteiger partial charge in [0, 0.05) is 5.52 Å². The standard InChI is InChI=1S/C16H12F3NO/c17-16(18,19)13-6-2-4-8-15(13)21-10-12-9-11-5-1-3-7-14(11)20-12/h1-9,20H,10H2. The molecule has 0 saturated carbocycles. The topological polar surface area (TPSA) is 25.0 Å². The second kappa shape index (κ2) is 5.16. The third kappa shape index (κ3) is 2.86. The molecular weight excluding hydrogens is 279 g/mol. The molecule has 3 aromatic rings. The summed E-state index contributed by atoms with van der Waals surface area (Å²) >= 11 is 0. The maximum atomic E-state index is 12.9. The predicted octanol–water partition coefficient (Wildman–Crippen LogP) is 4.77. The van der Waals surface area contributed by atoms with E-state index < -0.39 is 11.7 Å². The largest absolute Gasteiger partial charge is 0.487 e. The fraction of sp³-hybridized carbons (Fsp3) is 0.125. The maximum absolute atomic E-state index is 12.9. The predicted molar refractivity (Wildman–Crippen MR) is 74.1 cm³/mol. The van der Waals surface area contributed by atoms with E-state index in [9.17, 15) is 13.2 Å². The number of benzene rings is 2. The van der Waals surface area contributed by atoms with Crippen LogP contribution in [0.1, 0.15) is 11.3 Å². The van der Waals surface area contributed by atoms with Crippen molar-refractivity contribution in [1.29, 1.82) is 0 Å². The van der Waals surface area contributed by atoms with Gasteiger partial charge in [0.2, 0.25) is 0 Å². The van der Waals surface area contributed by atoms with Crippen molar-refractivity contribution in [2.45, 2.75) is 12.8 Å². The van der Waals surface area contributed by atoms with Crippen LogP contribution in [0.3, 0.4) is 0 Å². The molecular formula is C16H12F3NO. The molecule has 0 saturated heterocycles. The highest BCUT2D eigenvalue weighted by molar-refractivity contribution is 5.80. The minimum Gasteiger partial charge on any atom is -0.487 e. The first-order valence-corrected chi connectivity index (χ1v) is 6.40. The molecule has 3 rings (SSSR count). The van der Waals surface area contributed by atoms with Crippen molar-refractivity contribution in [2.75, 3.05) is 0 Å². The summed E-state index contributed by atoms with van der Waals surface area (Å²) in [5.74, 6) is -0.163. The molecule has 1 heterocycles. The van der Waals surface area contributed by atoms with Gasteiger partial charge in [0.1, 0.15) is 12.4 Å². The third-order valence-corrected chi connectivity index (χ3v) is 3.16. The van der Waals surface area contributed by atoms with Crippen LogP contribution < -0.4 is 4.74 Å². The smallest absolute Gasteiger partial charge is 0.419 e. The fourth-order valence-electron chi connectivity index (χ4n) is 2.19. The van der Waals surface area contributed by atoms with Crippen molar-refractivity contribution in [2.24, 2.45) is 0 Å². The van der Waals surface area contributed by atoms with Crippen molar-refractivity contribution < 1.29 is 17.9 Å². The molecule has 0 amide bonds. The molecule has 0 aliphatic carbocycles. The number of alkyl halides is 3. The van der Waals surface area contributed by atoms with Gasteiger partial charge in [-0.25, -0.2) is 0 Å². The number of hydrogen-bond donors (Lipinski definition) is 1. The van der Waals surface area contributed by atoms with E-state index in [2.05, 4.69) is 4.98 Å². The van der Waals surface area contributed by atoms with Crippen LogP contribution in [0, 0.1) is 0 Å². The number of nitrogens with one attached hydrogen (secondary N) is 1. The Bertz CT molecular complexity index is 728. The Morgan fingerprint density at radius 1 is 0.952 bits per heavy atom. The van der Waals surface area contributed by atoms with Crippen molar-refractivity contribution in [3.8, 4) is 5.75 Å². The Kier molecular flexibility index (Phi) is 3.33. The van der Waals surface area contributed by atoms with Gasteiger partial charge in [0.05, 0.1) is 11.3 Å². The zero-order valence-electron chi connectivity index (χ0n) is 10.9. The number of halogens is 3. The lowest BCUT2D eigenvalue weighted by Crippen LogP contribution is -2.08. The average molecular weight is 291 g/mol. The van der Waals surface area contributed by atoms with E-state index in [1.165, 1.54) is 18.2 Å². The number of aromatic amines is 1. The number of hydrogen-bond acceptors (Lipinski definition) is 1. The van der Waals surface area contributed by atoms with E-state index in [0.29, 0.717) is 0 Å². The molecule has 1 N–H and O–H groups in total. The van der Waals surface area contributed by atoms with E-state index in [1.54, 1.807) is 0 Å². The number of rotatable bonds is 3. The monoisotopic (exact) mass is 291 g/mol. The van der Waals surface area contributed by atoms with E-state index in [1.807, 2.05) is 30.3 Å². The van der Waals surface area contributed by atoms with Crippen LogP contribution in [-0.4, -0.2) is 4.98 Å². The molecule has 0 fully saturated rings. The van der Waals surface area contributed by atoms with Crippen LogP contribution in [0.25, 0.3) is 10.9 Å². The average Bonchev–Trinajstić information content (AvgIpc) is 2.87. The summed E-state index contributed by atoms with van der Waals surface area (Å²) in [6.07, 6.45) is -4.42. The first-order chi connectivity index (χ1) is 10.0. The Labute approximate surface area is 119 Å². The summed E-state index contributed by atoms with van der Waals surface area (Å²) in [5, 5.41) is 1.00. The fourth-order valence-corrected chi connectivity index (χ4v) is 2.19. The molecule has 2 nitrogen and oxygen atoms in total.